The van der Waals surface area contributed by atoms with Crippen LogP contribution in [-0.2, 0) is 16.0 Å². The van der Waals surface area contributed by atoms with Crippen molar-refractivity contribution < 1.29 is 13.9 Å². The first-order valence-corrected chi connectivity index (χ1v) is 7.50. The van der Waals surface area contributed by atoms with Crippen LogP contribution in [0, 0.1) is 6.92 Å². The molecule has 21 heavy (non-hydrogen) atoms. The van der Waals surface area contributed by atoms with Crippen LogP contribution in [0.5, 0.6) is 0 Å². The quantitative estimate of drug-likeness (QED) is 0.554. The molecule has 112 valence electrons. The van der Waals surface area contributed by atoms with E-state index in [-0.39, 0.29) is 5.97 Å². The highest BCUT2D eigenvalue weighted by molar-refractivity contribution is 5.69. The number of benzene rings is 1. The van der Waals surface area contributed by atoms with Crippen LogP contribution in [0.25, 0.3) is 11.3 Å². The van der Waals surface area contributed by atoms with Gasteiger partial charge in [-0.15, -0.1) is 0 Å². The molecule has 1 aromatic carbocycles. The van der Waals surface area contributed by atoms with Crippen molar-refractivity contribution in [2.24, 2.45) is 0 Å². The van der Waals surface area contributed by atoms with Gasteiger partial charge in [-0.1, -0.05) is 30.3 Å². The Labute approximate surface area is 125 Å². The molecule has 1 aromatic heterocycles. The second kappa shape index (κ2) is 7.67. The van der Waals surface area contributed by atoms with E-state index in [4.69, 9.17) is 9.15 Å². The molecule has 0 radical (unpaired) electrons. The van der Waals surface area contributed by atoms with Crippen LogP contribution in [0.2, 0.25) is 0 Å². The van der Waals surface area contributed by atoms with E-state index in [2.05, 4.69) is 19.1 Å². The number of ether oxygens (including phenoxy) is 1. The number of hydrogen-bond acceptors (Lipinski definition) is 3. The lowest BCUT2D eigenvalue weighted by Crippen LogP contribution is -2.03. The van der Waals surface area contributed by atoms with Crippen LogP contribution >= 0.6 is 0 Å². The zero-order chi connectivity index (χ0) is 15.1. The fraction of sp³-hybridized carbons (Fsp3) is 0.389. The number of carbonyl (C=O) groups is 1. The molecule has 0 atom stereocenters. The van der Waals surface area contributed by atoms with Crippen molar-refractivity contribution in [2.75, 3.05) is 6.61 Å². The highest BCUT2D eigenvalue weighted by Gasteiger charge is 2.11. The Morgan fingerprint density at radius 2 is 1.95 bits per heavy atom. The van der Waals surface area contributed by atoms with Gasteiger partial charge in [0.15, 0.2) is 0 Å². The molecule has 0 saturated carbocycles. The van der Waals surface area contributed by atoms with Crippen molar-refractivity contribution in [3.8, 4) is 11.3 Å². The van der Waals surface area contributed by atoms with Gasteiger partial charge in [-0.2, -0.15) is 0 Å². The Morgan fingerprint density at radius 1 is 1.19 bits per heavy atom. The highest BCUT2D eigenvalue weighted by atomic mass is 16.5. The summed E-state index contributed by atoms with van der Waals surface area (Å²) in [6, 6.07) is 10.1. The average molecular weight is 286 g/mol. The number of hydrogen-bond donors (Lipinski definition) is 0. The molecule has 2 rings (SSSR count). The van der Waals surface area contributed by atoms with E-state index in [1.807, 2.05) is 31.4 Å². The monoisotopic (exact) mass is 286 g/mol. The van der Waals surface area contributed by atoms with Gasteiger partial charge in [-0.3, -0.25) is 4.79 Å². The average Bonchev–Trinajstić information content (AvgIpc) is 2.86. The van der Waals surface area contributed by atoms with E-state index in [1.165, 1.54) is 11.1 Å². The summed E-state index contributed by atoms with van der Waals surface area (Å²) in [5.41, 5.74) is 3.52. The van der Waals surface area contributed by atoms with Gasteiger partial charge in [0.2, 0.25) is 0 Å². The summed E-state index contributed by atoms with van der Waals surface area (Å²) in [7, 11) is 0. The molecule has 0 unspecified atom stereocenters. The minimum atomic E-state index is -0.105. The van der Waals surface area contributed by atoms with Crippen molar-refractivity contribution in [2.45, 2.75) is 39.5 Å². The SMILES string of the molecule is CCOC(=O)CCCCc1coc(-c2ccccc2)c1C. The number of furan rings is 1. The lowest BCUT2D eigenvalue weighted by Gasteiger charge is -2.02. The fourth-order valence-corrected chi connectivity index (χ4v) is 2.39. The van der Waals surface area contributed by atoms with Gasteiger partial charge in [-0.25, -0.2) is 0 Å². The van der Waals surface area contributed by atoms with Crippen molar-refractivity contribution in [1.29, 1.82) is 0 Å². The lowest BCUT2D eigenvalue weighted by atomic mass is 10.0. The van der Waals surface area contributed by atoms with E-state index in [9.17, 15) is 4.79 Å². The molecule has 0 aliphatic carbocycles. The van der Waals surface area contributed by atoms with Crippen LogP contribution in [0.3, 0.4) is 0 Å². The molecule has 0 bridgehead atoms. The van der Waals surface area contributed by atoms with E-state index < -0.39 is 0 Å². The molecule has 0 fully saturated rings. The van der Waals surface area contributed by atoms with Gasteiger partial charge in [0.1, 0.15) is 5.76 Å². The van der Waals surface area contributed by atoms with Gasteiger partial charge in [-0.05, 0) is 44.2 Å². The molecular formula is C18H22O3. The van der Waals surface area contributed by atoms with Gasteiger partial charge in [0, 0.05) is 12.0 Å². The summed E-state index contributed by atoms with van der Waals surface area (Å²) in [4.78, 5) is 11.3. The maximum atomic E-state index is 11.3. The predicted octanol–water partition coefficient (Wildman–Crippen LogP) is 4.53. The van der Waals surface area contributed by atoms with Gasteiger partial charge in [0.25, 0.3) is 0 Å². The van der Waals surface area contributed by atoms with Crippen LogP contribution in [-0.4, -0.2) is 12.6 Å². The molecule has 1 heterocycles. The number of rotatable bonds is 7. The minimum absolute atomic E-state index is 0.105. The minimum Gasteiger partial charge on any atom is -0.466 e. The summed E-state index contributed by atoms with van der Waals surface area (Å²) < 4.78 is 10.6. The third-order valence-electron chi connectivity index (χ3n) is 3.56. The van der Waals surface area contributed by atoms with E-state index >= 15 is 0 Å². The Kier molecular flexibility index (Phi) is 5.61. The van der Waals surface area contributed by atoms with E-state index in [1.54, 1.807) is 0 Å². The second-order valence-electron chi connectivity index (χ2n) is 5.09. The first kappa shape index (κ1) is 15.4. The van der Waals surface area contributed by atoms with Crippen molar-refractivity contribution in [1.82, 2.24) is 0 Å². The molecule has 0 aliphatic heterocycles. The van der Waals surface area contributed by atoms with E-state index in [0.29, 0.717) is 13.0 Å². The third kappa shape index (κ3) is 4.22. The lowest BCUT2D eigenvalue weighted by molar-refractivity contribution is -0.143. The van der Waals surface area contributed by atoms with Crippen molar-refractivity contribution in [3.05, 3.63) is 47.7 Å². The summed E-state index contributed by atoms with van der Waals surface area (Å²) in [6.07, 6.45) is 5.08. The Morgan fingerprint density at radius 3 is 2.67 bits per heavy atom. The largest absolute Gasteiger partial charge is 0.466 e. The molecule has 0 spiro atoms. The molecule has 0 saturated heterocycles. The number of esters is 1. The standard InChI is InChI=1S/C18H22O3/c1-3-20-17(19)12-8-7-11-16-13-21-18(14(16)2)15-9-5-4-6-10-15/h4-6,9-10,13H,3,7-8,11-12H2,1-2H3. The number of carbonyl (C=O) groups excluding carboxylic acids is 1. The summed E-state index contributed by atoms with van der Waals surface area (Å²) in [5.74, 6) is 0.836. The molecule has 0 aliphatic rings. The van der Waals surface area contributed by atoms with Crippen molar-refractivity contribution >= 4 is 5.97 Å². The van der Waals surface area contributed by atoms with Gasteiger partial charge in [0.05, 0.1) is 12.9 Å². The summed E-state index contributed by atoms with van der Waals surface area (Å²) >= 11 is 0. The van der Waals surface area contributed by atoms with Crippen LogP contribution < -0.4 is 0 Å². The van der Waals surface area contributed by atoms with E-state index in [0.717, 1.165) is 30.6 Å². The van der Waals surface area contributed by atoms with Crippen molar-refractivity contribution in [3.63, 3.8) is 0 Å². The molecular weight excluding hydrogens is 264 g/mol. The Hall–Kier alpha value is -2.03. The molecule has 0 amide bonds. The predicted molar refractivity (Wildman–Crippen MR) is 83.1 cm³/mol. The first-order valence-electron chi connectivity index (χ1n) is 7.50. The van der Waals surface area contributed by atoms with Crippen LogP contribution in [0.4, 0.5) is 0 Å². The second-order valence-corrected chi connectivity index (χ2v) is 5.09. The number of aryl methyl sites for hydroxylation is 1. The summed E-state index contributed by atoms with van der Waals surface area (Å²) in [5, 5.41) is 0. The topological polar surface area (TPSA) is 39.4 Å². The van der Waals surface area contributed by atoms with Crippen LogP contribution in [0.15, 0.2) is 41.0 Å². The Balaban J connectivity index is 1.88. The summed E-state index contributed by atoms with van der Waals surface area (Å²) in [6.45, 7) is 4.38. The van der Waals surface area contributed by atoms with Crippen LogP contribution in [0.1, 0.15) is 37.3 Å². The molecule has 0 N–H and O–H groups in total. The molecule has 2 aromatic rings. The maximum absolute atomic E-state index is 11.3. The normalized spacial score (nSPS) is 10.6. The molecule has 3 nitrogen and oxygen atoms in total. The van der Waals surface area contributed by atoms with Gasteiger partial charge < -0.3 is 9.15 Å². The Bertz CT molecular complexity index is 569. The maximum Gasteiger partial charge on any atom is 0.305 e. The first-order chi connectivity index (χ1) is 10.2. The van der Waals surface area contributed by atoms with Gasteiger partial charge >= 0.3 is 5.97 Å². The zero-order valence-corrected chi connectivity index (χ0v) is 12.7. The molecule has 3 heteroatoms. The number of unbranched alkanes of at least 4 members (excludes halogenated alkanes) is 1. The zero-order valence-electron chi connectivity index (χ0n) is 12.7. The third-order valence-corrected chi connectivity index (χ3v) is 3.56. The highest BCUT2D eigenvalue weighted by Crippen LogP contribution is 2.28. The fourth-order valence-electron chi connectivity index (χ4n) is 2.39. The smallest absolute Gasteiger partial charge is 0.305 e.